The Morgan fingerprint density at radius 3 is 3.00 bits per heavy atom. The van der Waals surface area contributed by atoms with E-state index >= 15 is 0 Å². The summed E-state index contributed by atoms with van der Waals surface area (Å²) in [6.45, 7) is 0.397. The summed E-state index contributed by atoms with van der Waals surface area (Å²) < 4.78 is 5.51. The van der Waals surface area contributed by atoms with Crippen molar-refractivity contribution in [1.29, 1.82) is 0 Å². The monoisotopic (exact) mass is 359 g/mol. The highest BCUT2D eigenvalue weighted by molar-refractivity contribution is 14.1. The second-order valence-corrected chi connectivity index (χ2v) is 4.67. The smallest absolute Gasteiger partial charge is 0.251 e. The molecule has 0 atom stereocenters. The number of rotatable bonds is 4. The molecule has 6 nitrogen and oxygen atoms in total. The fraction of sp³-hybridized carbons (Fsp3) is 0.182. The molecule has 0 saturated carbocycles. The van der Waals surface area contributed by atoms with Crippen LogP contribution in [0, 0.1) is 3.57 Å². The lowest BCUT2D eigenvalue weighted by Crippen LogP contribution is -2.25. The molecule has 0 radical (unpaired) electrons. The van der Waals surface area contributed by atoms with Gasteiger partial charge in [0.25, 0.3) is 5.91 Å². The van der Waals surface area contributed by atoms with Crippen molar-refractivity contribution in [2.24, 2.45) is 0 Å². The average molecular weight is 359 g/mol. The van der Waals surface area contributed by atoms with Gasteiger partial charge in [-0.15, -0.1) is 0 Å². The number of carbonyl (C=O) groups is 1. The van der Waals surface area contributed by atoms with Crippen LogP contribution in [0.4, 0.5) is 0 Å². The van der Waals surface area contributed by atoms with Gasteiger partial charge in [-0.05, 0) is 40.8 Å². The van der Waals surface area contributed by atoms with Crippen molar-refractivity contribution in [2.75, 3.05) is 6.54 Å². The van der Waals surface area contributed by atoms with E-state index in [4.69, 9.17) is 4.52 Å². The molecule has 7 heteroatoms. The first-order valence-electron chi connectivity index (χ1n) is 5.19. The van der Waals surface area contributed by atoms with Gasteiger partial charge in [-0.1, -0.05) is 5.16 Å². The molecule has 0 bridgehead atoms. The first-order chi connectivity index (χ1) is 8.66. The maximum atomic E-state index is 11.7. The zero-order valence-electron chi connectivity index (χ0n) is 9.26. The molecule has 0 aliphatic carbocycles. The Morgan fingerprint density at radius 1 is 1.50 bits per heavy atom. The minimum Gasteiger partial charge on any atom is -0.507 e. The van der Waals surface area contributed by atoms with Crippen LogP contribution in [0.25, 0.3) is 0 Å². The van der Waals surface area contributed by atoms with E-state index in [0.717, 1.165) is 0 Å². The van der Waals surface area contributed by atoms with Crippen molar-refractivity contribution >= 4 is 28.5 Å². The molecule has 0 aliphatic rings. The van der Waals surface area contributed by atoms with Crippen LogP contribution in [-0.2, 0) is 6.42 Å². The van der Waals surface area contributed by atoms with Crippen molar-refractivity contribution in [3.63, 3.8) is 0 Å². The summed E-state index contributed by atoms with van der Waals surface area (Å²) in [6.07, 6.45) is 1.79. The van der Waals surface area contributed by atoms with E-state index in [-0.39, 0.29) is 11.7 Å². The number of hydrogen-bond donors (Lipinski definition) is 2. The van der Waals surface area contributed by atoms with Crippen LogP contribution in [0.2, 0.25) is 0 Å². The molecule has 0 unspecified atom stereocenters. The summed E-state index contributed by atoms with van der Waals surface area (Å²) in [5, 5.41) is 15.7. The number of nitrogens with one attached hydrogen (secondary N) is 1. The number of aromatic nitrogens is 2. The summed E-state index contributed by atoms with van der Waals surface area (Å²) in [4.78, 5) is 15.6. The summed E-state index contributed by atoms with van der Waals surface area (Å²) in [5.41, 5.74) is 0.415. The Labute approximate surface area is 117 Å². The third-order valence-corrected chi connectivity index (χ3v) is 3.15. The van der Waals surface area contributed by atoms with Gasteiger partial charge in [-0.25, -0.2) is 0 Å². The summed E-state index contributed by atoms with van der Waals surface area (Å²) in [5.74, 6) is 0.321. The van der Waals surface area contributed by atoms with Crippen LogP contribution >= 0.6 is 22.6 Å². The zero-order valence-corrected chi connectivity index (χ0v) is 11.4. The van der Waals surface area contributed by atoms with E-state index in [1.54, 1.807) is 12.1 Å². The molecular weight excluding hydrogens is 349 g/mol. The van der Waals surface area contributed by atoms with E-state index in [1.807, 2.05) is 22.6 Å². The van der Waals surface area contributed by atoms with Crippen LogP contribution in [0.3, 0.4) is 0 Å². The van der Waals surface area contributed by atoms with Crippen molar-refractivity contribution in [3.05, 3.63) is 39.6 Å². The maximum Gasteiger partial charge on any atom is 0.251 e. The van der Waals surface area contributed by atoms with Gasteiger partial charge in [0.2, 0.25) is 5.89 Å². The van der Waals surface area contributed by atoms with Gasteiger partial charge in [0.15, 0.2) is 6.33 Å². The zero-order chi connectivity index (χ0) is 13.0. The van der Waals surface area contributed by atoms with Crippen LogP contribution in [0.5, 0.6) is 5.75 Å². The first kappa shape index (κ1) is 12.8. The Balaban J connectivity index is 1.89. The molecule has 2 rings (SSSR count). The molecule has 2 aromatic rings. The topological polar surface area (TPSA) is 88.3 Å². The number of amides is 1. The Kier molecular flexibility index (Phi) is 4.13. The summed E-state index contributed by atoms with van der Waals surface area (Å²) in [7, 11) is 0. The number of nitrogens with zero attached hydrogens (tertiary/aromatic N) is 2. The van der Waals surface area contributed by atoms with Crippen LogP contribution < -0.4 is 5.32 Å². The highest BCUT2D eigenvalue weighted by Gasteiger charge is 2.08. The van der Waals surface area contributed by atoms with Crippen LogP contribution in [0.15, 0.2) is 29.0 Å². The van der Waals surface area contributed by atoms with Crippen molar-refractivity contribution in [3.8, 4) is 5.75 Å². The van der Waals surface area contributed by atoms with Gasteiger partial charge in [0, 0.05) is 18.5 Å². The third-order valence-electron chi connectivity index (χ3n) is 2.24. The summed E-state index contributed by atoms with van der Waals surface area (Å²) >= 11 is 1.99. The van der Waals surface area contributed by atoms with E-state index in [9.17, 15) is 9.90 Å². The lowest BCUT2D eigenvalue weighted by molar-refractivity contribution is 0.0953. The Morgan fingerprint density at radius 2 is 2.33 bits per heavy atom. The van der Waals surface area contributed by atoms with Gasteiger partial charge >= 0.3 is 0 Å². The highest BCUT2D eigenvalue weighted by atomic mass is 127. The van der Waals surface area contributed by atoms with Crippen molar-refractivity contribution in [2.45, 2.75) is 6.42 Å². The van der Waals surface area contributed by atoms with Gasteiger partial charge in [0.1, 0.15) is 5.75 Å². The average Bonchev–Trinajstić information content (AvgIpc) is 2.85. The number of phenols is 1. The Hall–Kier alpha value is -1.64. The third kappa shape index (κ3) is 3.19. The summed E-state index contributed by atoms with van der Waals surface area (Å²) in [6, 6.07) is 4.77. The number of halogens is 1. The quantitative estimate of drug-likeness (QED) is 0.805. The molecular formula is C11H10IN3O3. The molecule has 2 N–H and O–H groups in total. The Bertz CT molecular complexity index is 542. The first-order valence-corrected chi connectivity index (χ1v) is 6.27. The van der Waals surface area contributed by atoms with E-state index < -0.39 is 0 Å². The molecule has 0 saturated heterocycles. The number of phenolic OH excluding ortho intramolecular Hbond substituents is 1. The van der Waals surface area contributed by atoms with E-state index in [0.29, 0.717) is 28.0 Å². The fourth-order valence-corrected chi connectivity index (χ4v) is 1.68. The van der Waals surface area contributed by atoms with E-state index in [2.05, 4.69) is 15.5 Å². The lowest BCUT2D eigenvalue weighted by Gasteiger charge is -2.04. The number of hydrogen-bond acceptors (Lipinski definition) is 5. The maximum absolute atomic E-state index is 11.7. The van der Waals surface area contributed by atoms with Gasteiger partial charge in [-0.3, -0.25) is 4.79 Å². The number of carbonyl (C=O) groups excluding carboxylic acids is 1. The SMILES string of the molecule is O=C(NCCc1ncno1)c1ccc(I)c(O)c1. The van der Waals surface area contributed by atoms with E-state index in [1.165, 1.54) is 12.4 Å². The van der Waals surface area contributed by atoms with Crippen molar-refractivity contribution < 1.29 is 14.4 Å². The highest BCUT2D eigenvalue weighted by Crippen LogP contribution is 2.20. The minimum absolute atomic E-state index is 0.0974. The molecule has 0 spiro atoms. The second-order valence-electron chi connectivity index (χ2n) is 3.51. The molecule has 0 fully saturated rings. The van der Waals surface area contributed by atoms with Crippen LogP contribution in [-0.4, -0.2) is 27.7 Å². The van der Waals surface area contributed by atoms with Gasteiger partial charge < -0.3 is 14.9 Å². The minimum atomic E-state index is -0.249. The number of aromatic hydroxyl groups is 1. The molecule has 0 aliphatic heterocycles. The molecule has 1 aromatic heterocycles. The largest absolute Gasteiger partial charge is 0.507 e. The van der Waals surface area contributed by atoms with Gasteiger partial charge in [-0.2, -0.15) is 4.98 Å². The van der Waals surface area contributed by atoms with Gasteiger partial charge in [0.05, 0.1) is 3.57 Å². The molecule has 1 amide bonds. The molecule has 1 aromatic carbocycles. The molecule has 18 heavy (non-hydrogen) atoms. The standard InChI is InChI=1S/C11H10IN3O3/c12-8-2-1-7(5-9(8)16)11(17)13-4-3-10-14-6-15-18-10/h1-2,5-6,16H,3-4H2,(H,13,17). The van der Waals surface area contributed by atoms with Crippen molar-refractivity contribution in [1.82, 2.24) is 15.5 Å². The predicted octanol–water partition coefficient (Wildman–Crippen LogP) is 1.35. The second kappa shape index (κ2) is 5.80. The lowest BCUT2D eigenvalue weighted by atomic mass is 10.2. The molecule has 1 heterocycles. The normalized spacial score (nSPS) is 10.3. The fourth-order valence-electron chi connectivity index (χ4n) is 1.35. The number of benzene rings is 1. The predicted molar refractivity (Wildman–Crippen MR) is 71.2 cm³/mol. The van der Waals surface area contributed by atoms with Crippen LogP contribution in [0.1, 0.15) is 16.2 Å². The molecule has 94 valence electrons.